The molecule has 120 valence electrons. The van der Waals surface area contributed by atoms with Crippen molar-refractivity contribution in [2.45, 2.75) is 13.8 Å². The molecule has 0 saturated carbocycles. The Labute approximate surface area is 129 Å². The van der Waals surface area contributed by atoms with Gasteiger partial charge in [-0.2, -0.15) is 0 Å². The number of hydrogen-bond acceptors (Lipinski definition) is 6. The molecule has 0 unspecified atom stereocenters. The van der Waals surface area contributed by atoms with Crippen molar-refractivity contribution < 1.29 is 19.7 Å². The SMILES string of the molecule is COc1cc(C)c(O)cc1N.COc1ccc(O)c(C)c1N. The lowest BCUT2D eigenvalue weighted by molar-refractivity contribution is 0.414. The largest absolute Gasteiger partial charge is 0.508 e. The van der Waals surface area contributed by atoms with Gasteiger partial charge in [-0.15, -0.1) is 0 Å². The number of nitrogens with two attached hydrogens (primary N) is 2. The van der Waals surface area contributed by atoms with Gasteiger partial charge >= 0.3 is 0 Å². The first kappa shape index (κ1) is 17.3. The van der Waals surface area contributed by atoms with E-state index in [9.17, 15) is 10.2 Å². The third-order valence-electron chi connectivity index (χ3n) is 3.21. The number of methoxy groups -OCH3 is 2. The van der Waals surface area contributed by atoms with Crippen LogP contribution in [-0.2, 0) is 0 Å². The van der Waals surface area contributed by atoms with Crippen molar-refractivity contribution in [1.29, 1.82) is 0 Å². The fourth-order valence-corrected chi connectivity index (χ4v) is 1.73. The number of anilines is 2. The molecule has 6 nitrogen and oxygen atoms in total. The Hall–Kier alpha value is -2.76. The number of rotatable bonds is 2. The fraction of sp³-hybridized carbons (Fsp3) is 0.250. The average molecular weight is 306 g/mol. The van der Waals surface area contributed by atoms with Crippen molar-refractivity contribution >= 4 is 11.4 Å². The molecule has 0 spiro atoms. The Morgan fingerprint density at radius 1 is 0.864 bits per heavy atom. The molecule has 2 aromatic carbocycles. The van der Waals surface area contributed by atoms with Crippen molar-refractivity contribution in [3.63, 3.8) is 0 Å². The van der Waals surface area contributed by atoms with Gasteiger partial charge in [0.2, 0.25) is 0 Å². The van der Waals surface area contributed by atoms with Crippen LogP contribution in [0.5, 0.6) is 23.0 Å². The average Bonchev–Trinajstić information content (AvgIpc) is 2.49. The van der Waals surface area contributed by atoms with Gasteiger partial charge < -0.3 is 31.2 Å². The van der Waals surface area contributed by atoms with Crippen molar-refractivity contribution in [3.8, 4) is 23.0 Å². The third kappa shape index (κ3) is 3.88. The number of nitrogen functional groups attached to an aromatic ring is 2. The highest BCUT2D eigenvalue weighted by Gasteiger charge is 2.05. The lowest BCUT2D eigenvalue weighted by Gasteiger charge is -2.07. The van der Waals surface area contributed by atoms with Gasteiger partial charge in [-0.3, -0.25) is 0 Å². The van der Waals surface area contributed by atoms with Crippen LogP contribution >= 0.6 is 0 Å². The van der Waals surface area contributed by atoms with Crippen LogP contribution in [0.4, 0.5) is 11.4 Å². The molecule has 6 N–H and O–H groups in total. The molecule has 2 aromatic rings. The molecule has 0 aromatic heterocycles. The van der Waals surface area contributed by atoms with E-state index in [0.29, 0.717) is 28.4 Å². The van der Waals surface area contributed by atoms with Crippen LogP contribution in [-0.4, -0.2) is 24.4 Å². The highest BCUT2D eigenvalue weighted by atomic mass is 16.5. The number of phenolic OH excluding ortho intramolecular Hbond substituents is 2. The summed E-state index contributed by atoms with van der Waals surface area (Å²) in [5.41, 5.74) is 13.5. The lowest BCUT2D eigenvalue weighted by atomic mass is 10.1. The summed E-state index contributed by atoms with van der Waals surface area (Å²) in [6.45, 7) is 3.53. The normalized spacial score (nSPS) is 9.64. The van der Waals surface area contributed by atoms with E-state index < -0.39 is 0 Å². The van der Waals surface area contributed by atoms with Crippen molar-refractivity contribution in [2.24, 2.45) is 0 Å². The summed E-state index contributed by atoms with van der Waals surface area (Å²) in [6.07, 6.45) is 0. The van der Waals surface area contributed by atoms with E-state index >= 15 is 0 Å². The quantitative estimate of drug-likeness (QED) is 0.635. The smallest absolute Gasteiger partial charge is 0.142 e. The Bertz CT molecular complexity index is 655. The maximum atomic E-state index is 9.18. The van der Waals surface area contributed by atoms with Crippen molar-refractivity contribution in [2.75, 3.05) is 25.7 Å². The number of ether oxygens (including phenoxy) is 2. The standard InChI is InChI=1S/2C8H11NO2/c1-5-3-8(11-2)6(9)4-7(5)10;1-5-6(10)3-4-7(11-2)8(5)9/h2*3-4,10H,9H2,1-2H3. The first-order valence-electron chi connectivity index (χ1n) is 6.56. The predicted octanol–water partition coefficient (Wildman–Crippen LogP) is 2.58. The van der Waals surface area contributed by atoms with Crippen LogP contribution in [0.1, 0.15) is 11.1 Å². The first-order chi connectivity index (χ1) is 10.3. The van der Waals surface area contributed by atoms with Crippen LogP contribution in [0, 0.1) is 13.8 Å². The number of aryl methyl sites for hydroxylation is 1. The van der Waals surface area contributed by atoms with Crippen LogP contribution in [0.3, 0.4) is 0 Å². The molecule has 0 fully saturated rings. The van der Waals surface area contributed by atoms with E-state index in [-0.39, 0.29) is 11.5 Å². The second-order valence-corrected chi connectivity index (χ2v) is 4.71. The van der Waals surface area contributed by atoms with Gasteiger partial charge in [0, 0.05) is 11.6 Å². The maximum absolute atomic E-state index is 9.18. The molecule has 0 atom stereocenters. The van der Waals surface area contributed by atoms with Gasteiger partial charge in [0.05, 0.1) is 25.6 Å². The number of phenols is 2. The van der Waals surface area contributed by atoms with Gasteiger partial charge in [-0.25, -0.2) is 0 Å². The maximum Gasteiger partial charge on any atom is 0.142 e. The molecule has 0 saturated heterocycles. The Kier molecular flexibility index (Phi) is 5.74. The summed E-state index contributed by atoms with van der Waals surface area (Å²) in [7, 11) is 3.09. The van der Waals surface area contributed by atoms with Gasteiger partial charge in [-0.05, 0) is 37.6 Å². The van der Waals surface area contributed by atoms with Crippen LogP contribution in [0.2, 0.25) is 0 Å². The topological polar surface area (TPSA) is 111 Å². The van der Waals surface area contributed by atoms with Crippen LogP contribution < -0.4 is 20.9 Å². The zero-order valence-electron chi connectivity index (χ0n) is 13.2. The second kappa shape index (κ2) is 7.31. The zero-order chi connectivity index (χ0) is 16.9. The van der Waals surface area contributed by atoms with E-state index in [4.69, 9.17) is 20.9 Å². The van der Waals surface area contributed by atoms with Gasteiger partial charge in [0.1, 0.15) is 23.0 Å². The highest BCUT2D eigenvalue weighted by Crippen LogP contribution is 2.30. The molecule has 0 aliphatic rings. The van der Waals surface area contributed by atoms with Gasteiger partial charge in [-0.1, -0.05) is 0 Å². The second-order valence-electron chi connectivity index (χ2n) is 4.71. The molecule has 0 aliphatic heterocycles. The van der Waals surface area contributed by atoms with Crippen LogP contribution in [0.15, 0.2) is 24.3 Å². The molecule has 0 bridgehead atoms. The van der Waals surface area contributed by atoms with E-state index in [1.165, 1.54) is 6.07 Å². The van der Waals surface area contributed by atoms with E-state index in [1.54, 1.807) is 46.3 Å². The minimum Gasteiger partial charge on any atom is -0.508 e. The number of aromatic hydroxyl groups is 2. The zero-order valence-corrected chi connectivity index (χ0v) is 13.2. The van der Waals surface area contributed by atoms with Crippen molar-refractivity contribution in [3.05, 3.63) is 35.4 Å². The summed E-state index contributed by atoms with van der Waals surface area (Å²) in [5.74, 6) is 1.59. The van der Waals surface area contributed by atoms with E-state index in [2.05, 4.69) is 0 Å². The van der Waals surface area contributed by atoms with Crippen molar-refractivity contribution in [1.82, 2.24) is 0 Å². The van der Waals surface area contributed by atoms with E-state index in [0.717, 1.165) is 5.56 Å². The minimum atomic E-state index is 0.198. The Morgan fingerprint density at radius 3 is 2.00 bits per heavy atom. The third-order valence-corrected chi connectivity index (χ3v) is 3.21. The molecular weight excluding hydrogens is 284 g/mol. The predicted molar refractivity (Wildman–Crippen MR) is 87.6 cm³/mol. The molecule has 0 heterocycles. The Balaban J connectivity index is 0.000000220. The first-order valence-corrected chi connectivity index (χ1v) is 6.56. The summed E-state index contributed by atoms with van der Waals surface area (Å²) < 4.78 is 9.89. The number of benzene rings is 2. The molecule has 0 radical (unpaired) electrons. The Morgan fingerprint density at radius 2 is 1.45 bits per heavy atom. The molecule has 2 rings (SSSR count). The highest BCUT2D eigenvalue weighted by molar-refractivity contribution is 5.62. The van der Waals surface area contributed by atoms with Gasteiger partial charge in [0.15, 0.2) is 0 Å². The summed E-state index contributed by atoms with van der Waals surface area (Å²) >= 11 is 0. The summed E-state index contributed by atoms with van der Waals surface area (Å²) in [6, 6.07) is 6.38. The molecule has 0 amide bonds. The summed E-state index contributed by atoms with van der Waals surface area (Å²) in [4.78, 5) is 0. The lowest BCUT2D eigenvalue weighted by Crippen LogP contribution is -1.94. The molecular formula is C16H22N2O4. The monoisotopic (exact) mass is 306 g/mol. The molecule has 0 aliphatic carbocycles. The fourth-order valence-electron chi connectivity index (χ4n) is 1.73. The molecule has 6 heteroatoms. The number of hydrogen-bond donors (Lipinski definition) is 4. The van der Waals surface area contributed by atoms with Gasteiger partial charge in [0.25, 0.3) is 0 Å². The minimum absolute atomic E-state index is 0.198. The van der Waals surface area contributed by atoms with Crippen LogP contribution in [0.25, 0.3) is 0 Å². The van der Waals surface area contributed by atoms with E-state index in [1.807, 2.05) is 0 Å². The summed E-state index contributed by atoms with van der Waals surface area (Å²) in [5, 5.41) is 18.4. The molecule has 22 heavy (non-hydrogen) atoms.